The molecule has 0 radical (unpaired) electrons. The molecule has 1 aliphatic rings. The van der Waals surface area contributed by atoms with Crippen LogP contribution in [0.15, 0.2) is 18.2 Å². The minimum Gasteiger partial charge on any atom is -0.872 e. The van der Waals surface area contributed by atoms with Crippen LogP contribution >= 0.6 is 0 Å². The Balaban J connectivity index is 2.03. The van der Waals surface area contributed by atoms with E-state index in [4.69, 9.17) is 9.84 Å². The van der Waals surface area contributed by atoms with Crippen LogP contribution in [-0.2, 0) is 4.74 Å². The molecule has 0 bridgehead atoms. The molecule has 92 valence electrons. The largest absolute Gasteiger partial charge is 0.872 e. The lowest BCUT2D eigenvalue weighted by atomic mass is 10.1. The van der Waals surface area contributed by atoms with E-state index in [0.717, 1.165) is 24.1 Å². The highest BCUT2D eigenvalue weighted by Crippen LogP contribution is 2.19. The fraction of sp³-hybridized carbons (Fsp3) is 0.417. The maximum atomic E-state index is 11.9. The van der Waals surface area contributed by atoms with Crippen LogP contribution in [0.25, 0.3) is 0 Å². The quantitative estimate of drug-likeness (QED) is 0.632. The number of morpholine rings is 1. The fourth-order valence-electron chi connectivity index (χ4n) is 1.90. The Kier molecular flexibility index (Phi) is 3.61. The topological polar surface area (TPSA) is 74.0 Å². The predicted molar refractivity (Wildman–Crippen MR) is 58.3 cm³/mol. The van der Waals surface area contributed by atoms with Crippen molar-refractivity contribution in [3.63, 3.8) is 0 Å². The molecule has 5 heteroatoms. The molecule has 2 rings (SSSR count). The van der Waals surface area contributed by atoms with E-state index in [2.05, 4.69) is 0 Å². The van der Waals surface area contributed by atoms with Crippen LogP contribution in [0.1, 0.15) is 10.4 Å². The van der Waals surface area contributed by atoms with E-state index in [1.54, 1.807) is 0 Å². The molecule has 0 amide bonds. The van der Waals surface area contributed by atoms with Gasteiger partial charge in [-0.05, 0) is 18.2 Å². The SMILES string of the molecule is O=C(C[NH+]1CCOCC1)c1ccc(O)cc1[O-]. The number of ketones is 1. The summed E-state index contributed by atoms with van der Waals surface area (Å²) in [5.41, 5.74) is 0.154. The van der Waals surface area contributed by atoms with Crippen LogP contribution in [0.5, 0.6) is 11.5 Å². The first-order chi connectivity index (χ1) is 8.16. The Bertz CT molecular complexity index is 413. The molecule has 17 heavy (non-hydrogen) atoms. The number of hydrogen-bond acceptors (Lipinski definition) is 4. The highest BCUT2D eigenvalue weighted by atomic mass is 16.5. The third kappa shape index (κ3) is 2.95. The monoisotopic (exact) mass is 237 g/mol. The number of nitrogens with one attached hydrogen (secondary N) is 1. The summed E-state index contributed by atoms with van der Waals surface area (Å²) in [7, 11) is 0. The second-order valence-electron chi connectivity index (χ2n) is 4.14. The second kappa shape index (κ2) is 5.16. The maximum absolute atomic E-state index is 11.9. The second-order valence-corrected chi connectivity index (χ2v) is 4.14. The zero-order chi connectivity index (χ0) is 12.3. The van der Waals surface area contributed by atoms with Crippen LogP contribution in [0, 0.1) is 0 Å². The van der Waals surface area contributed by atoms with E-state index in [9.17, 15) is 9.90 Å². The van der Waals surface area contributed by atoms with Gasteiger partial charge in [-0.2, -0.15) is 0 Å². The van der Waals surface area contributed by atoms with Crippen molar-refractivity contribution in [3.05, 3.63) is 23.8 Å². The van der Waals surface area contributed by atoms with Gasteiger partial charge in [0.15, 0.2) is 0 Å². The van der Waals surface area contributed by atoms with E-state index < -0.39 is 5.75 Å². The van der Waals surface area contributed by atoms with Crippen LogP contribution in [0.3, 0.4) is 0 Å². The van der Waals surface area contributed by atoms with Gasteiger partial charge in [-0.15, -0.1) is 0 Å². The molecule has 5 nitrogen and oxygen atoms in total. The van der Waals surface area contributed by atoms with Crippen molar-refractivity contribution in [2.24, 2.45) is 0 Å². The smallest absolute Gasteiger partial charge is 0.216 e. The van der Waals surface area contributed by atoms with Crippen LogP contribution in [-0.4, -0.2) is 43.7 Å². The molecule has 1 heterocycles. The zero-order valence-corrected chi connectivity index (χ0v) is 9.44. The lowest BCUT2D eigenvalue weighted by molar-refractivity contribution is -0.899. The molecule has 0 atom stereocenters. The first-order valence-electron chi connectivity index (χ1n) is 5.61. The Labute approximate surface area is 99.2 Å². The Hall–Kier alpha value is -1.59. The first kappa shape index (κ1) is 11.9. The number of phenols is 1. The molecule has 1 aliphatic heterocycles. The first-order valence-corrected chi connectivity index (χ1v) is 5.61. The van der Waals surface area contributed by atoms with Gasteiger partial charge >= 0.3 is 0 Å². The molecule has 1 aromatic rings. The van der Waals surface area contributed by atoms with Gasteiger partial charge in [0.05, 0.1) is 13.2 Å². The molecule has 2 N–H and O–H groups in total. The van der Waals surface area contributed by atoms with Gasteiger partial charge in [-0.1, -0.05) is 5.75 Å². The Morgan fingerprint density at radius 3 is 2.76 bits per heavy atom. The maximum Gasteiger partial charge on any atom is 0.216 e. The summed E-state index contributed by atoms with van der Waals surface area (Å²) in [5.74, 6) is -0.695. The highest BCUT2D eigenvalue weighted by Gasteiger charge is 2.19. The number of ether oxygens (including phenoxy) is 1. The summed E-state index contributed by atoms with van der Waals surface area (Å²) in [5, 5.41) is 20.6. The standard InChI is InChI=1S/C12H15NO4/c14-9-1-2-10(11(15)7-9)12(16)8-13-3-5-17-6-4-13/h1-2,7,14-15H,3-6,8H2. The van der Waals surface area contributed by atoms with E-state index in [1.807, 2.05) is 0 Å². The summed E-state index contributed by atoms with van der Waals surface area (Å²) < 4.78 is 5.20. The minimum atomic E-state index is -0.414. The van der Waals surface area contributed by atoms with Gasteiger partial charge in [-0.25, -0.2) is 0 Å². The van der Waals surface area contributed by atoms with Crippen molar-refractivity contribution in [2.45, 2.75) is 0 Å². The van der Waals surface area contributed by atoms with Gasteiger partial charge in [0.2, 0.25) is 5.78 Å². The van der Waals surface area contributed by atoms with Gasteiger partial charge in [0.25, 0.3) is 0 Å². The number of benzene rings is 1. The normalized spacial score (nSPS) is 16.9. The number of carbonyl (C=O) groups excluding carboxylic acids is 1. The number of hydrogen-bond donors (Lipinski definition) is 2. The average Bonchev–Trinajstić information content (AvgIpc) is 2.30. The number of quaternary nitrogens is 1. The summed E-state index contributed by atoms with van der Waals surface area (Å²) in [4.78, 5) is 13.0. The summed E-state index contributed by atoms with van der Waals surface area (Å²) in [6.07, 6.45) is 0. The summed E-state index contributed by atoms with van der Waals surface area (Å²) in [6.45, 7) is 3.20. The third-order valence-corrected chi connectivity index (χ3v) is 2.88. The number of rotatable bonds is 3. The highest BCUT2D eigenvalue weighted by molar-refractivity contribution is 5.99. The van der Waals surface area contributed by atoms with Crippen LogP contribution in [0.4, 0.5) is 0 Å². The van der Waals surface area contributed by atoms with Gasteiger partial charge in [0.1, 0.15) is 25.4 Å². The molecule has 1 aromatic carbocycles. The van der Waals surface area contributed by atoms with Gasteiger partial charge < -0.3 is 19.8 Å². The van der Waals surface area contributed by atoms with E-state index in [-0.39, 0.29) is 17.1 Å². The molecule has 1 fully saturated rings. The Morgan fingerprint density at radius 2 is 2.12 bits per heavy atom. The molecule has 0 unspecified atom stereocenters. The fourth-order valence-corrected chi connectivity index (χ4v) is 1.90. The predicted octanol–water partition coefficient (Wildman–Crippen LogP) is -1.44. The van der Waals surface area contributed by atoms with Crippen molar-refractivity contribution >= 4 is 5.78 Å². The van der Waals surface area contributed by atoms with Crippen molar-refractivity contribution in [2.75, 3.05) is 32.8 Å². The van der Waals surface area contributed by atoms with Crippen molar-refractivity contribution in [1.82, 2.24) is 0 Å². The van der Waals surface area contributed by atoms with Crippen molar-refractivity contribution in [3.8, 4) is 11.5 Å². The third-order valence-electron chi connectivity index (χ3n) is 2.88. The molecular weight excluding hydrogens is 222 g/mol. The van der Waals surface area contributed by atoms with Gasteiger partial charge in [-0.3, -0.25) is 4.79 Å². The van der Waals surface area contributed by atoms with E-state index >= 15 is 0 Å². The molecule has 1 saturated heterocycles. The lowest BCUT2D eigenvalue weighted by Crippen LogP contribution is -3.14. The van der Waals surface area contributed by atoms with E-state index in [1.165, 1.54) is 12.1 Å². The molecule has 0 aromatic heterocycles. The summed E-state index contributed by atoms with van der Waals surface area (Å²) in [6, 6.07) is 3.82. The number of aromatic hydroxyl groups is 1. The van der Waals surface area contributed by atoms with Crippen LogP contribution < -0.4 is 10.0 Å². The number of carbonyl (C=O) groups is 1. The number of phenolic OH excluding ortho intramolecular Hbond substituents is 1. The van der Waals surface area contributed by atoms with E-state index in [0.29, 0.717) is 19.8 Å². The number of Topliss-reactive ketones (excluding diaryl/α,β-unsaturated/α-hetero) is 1. The zero-order valence-electron chi connectivity index (χ0n) is 9.44. The summed E-state index contributed by atoms with van der Waals surface area (Å²) >= 11 is 0. The van der Waals surface area contributed by atoms with Crippen LogP contribution in [0.2, 0.25) is 0 Å². The van der Waals surface area contributed by atoms with Gasteiger partial charge in [0, 0.05) is 5.56 Å². The van der Waals surface area contributed by atoms with Crippen molar-refractivity contribution in [1.29, 1.82) is 0 Å². The average molecular weight is 237 g/mol. The minimum absolute atomic E-state index is 0.106. The Morgan fingerprint density at radius 1 is 1.41 bits per heavy atom. The molecule has 0 aliphatic carbocycles. The molecule has 0 saturated carbocycles. The van der Waals surface area contributed by atoms with Crippen molar-refractivity contribution < 1.29 is 24.6 Å². The molecular formula is C12H15NO4. The lowest BCUT2D eigenvalue weighted by Gasteiger charge is -2.23. The molecule has 0 spiro atoms.